The third-order valence-electron chi connectivity index (χ3n) is 4.93. The topological polar surface area (TPSA) is 43.4 Å². The standard InChI is InChI=1S/C23H34O3/c1-15(2)8-9-20-13-23(25)18(5)11-21(10-16(3)14-26-7)22(20)12-17(4)19(6)24/h11-13,15,21-22H,3,8-10,14H2,1-2,4-7H3. The first kappa shape index (κ1) is 22.3. The summed E-state index contributed by atoms with van der Waals surface area (Å²) >= 11 is 0. The van der Waals surface area contributed by atoms with Crippen LogP contribution < -0.4 is 0 Å². The Kier molecular flexibility index (Phi) is 8.94. The number of ketones is 2. The molecule has 2 unspecified atom stereocenters. The smallest absolute Gasteiger partial charge is 0.181 e. The molecule has 1 aliphatic carbocycles. The molecule has 3 heteroatoms. The van der Waals surface area contributed by atoms with Crippen molar-refractivity contribution in [3.8, 4) is 0 Å². The number of Topliss-reactive ketones (excluding diaryl/α,β-unsaturated/α-hetero) is 1. The molecule has 0 bridgehead atoms. The second-order valence-electron chi connectivity index (χ2n) is 7.85. The van der Waals surface area contributed by atoms with Crippen LogP contribution in [0, 0.1) is 17.8 Å². The molecular formula is C23H34O3. The molecule has 3 nitrogen and oxygen atoms in total. The van der Waals surface area contributed by atoms with Crippen LogP contribution in [0.5, 0.6) is 0 Å². The van der Waals surface area contributed by atoms with Crippen LogP contribution in [0.2, 0.25) is 0 Å². The first-order valence-corrected chi connectivity index (χ1v) is 9.43. The maximum Gasteiger partial charge on any atom is 0.181 e. The number of hydrogen-bond donors (Lipinski definition) is 0. The van der Waals surface area contributed by atoms with E-state index in [9.17, 15) is 9.59 Å². The van der Waals surface area contributed by atoms with Gasteiger partial charge in [-0.2, -0.15) is 0 Å². The van der Waals surface area contributed by atoms with Crippen molar-refractivity contribution >= 4 is 11.6 Å². The second kappa shape index (κ2) is 10.4. The van der Waals surface area contributed by atoms with E-state index in [1.807, 2.05) is 19.9 Å². The van der Waals surface area contributed by atoms with E-state index in [2.05, 4.69) is 26.5 Å². The van der Waals surface area contributed by atoms with Crippen LogP contribution >= 0.6 is 0 Å². The zero-order valence-corrected chi connectivity index (χ0v) is 17.2. The number of methoxy groups -OCH3 is 1. The Labute approximate surface area is 158 Å². The fourth-order valence-electron chi connectivity index (χ4n) is 3.25. The third kappa shape index (κ3) is 6.87. The van der Waals surface area contributed by atoms with Gasteiger partial charge in [0.2, 0.25) is 0 Å². The van der Waals surface area contributed by atoms with E-state index in [1.54, 1.807) is 20.1 Å². The molecule has 0 saturated heterocycles. The van der Waals surface area contributed by atoms with Crippen molar-refractivity contribution in [2.45, 2.75) is 53.9 Å². The second-order valence-corrected chi connectivity index (χ2v) is 7.85. The van der Waals surface area contributed by atoms with Crippen molar-refractivity contribution < 1.29 is 14.3 Å². The monoisotopic (exact) mass is 358 g/mol. The summed E-state index contributed by atoms with van der Waals surface area (Å²) < 4.78 is 5.21. The van der Waals surface area contributed by atoms with Crippen molar-refractivity contribution in [1.29, 1.82) is 0 Å². The summed E-state index contributed by atoms with van der Waals surface area (Å²) in [5, 5.41) is 0. The van der Waals surface area contributed by atoms with E-state index >= 15 is 0 Å². The summed E-state index contributed by atoms with van der Waals surface area (Å²) in [6.07, 6.45) is 8.52. The first-order chi connectivity index (χ1) is 12.1. The fraction of sp³-hybridized carbons (Fsp3) is 0.565. The largest absolute Gasteiger partial charge is 0.380 e. The predicted octanol–water partition coefficient (Wildman–Crippen LogP) is 5.24. The highest BCUT2D eigenvalue weighted by molar-refractivity contribution is 6.04. The van der Waals surface area contributed by atoms with E-state index in [-0.39, 0.29) is 23.4 Å². The van der Waals surface area contributed by atoms with Gasteiger partial charge < -0.3 is 4.74 Å². The number of allylic oxidation sites excluding steroid dienone is 6. The maximum absolute atomic E-state index is 12.5. The molecule has 0 aromatic carbocycles. The van der Waals surface area contributed by atoms with Gasteiger partial charge in [-0.15, -0.1) is 0 Å². The molecular weight excluding hydrogens is 324 g/mol. The van der Waals surface area contributed by atoms with Crippen LogP contribution in [-0.4, -0.2) is 25.3 Å². The molecule has 0 aromatic rings. The van der Waals surface area contributed by atoms with Gasteiger partial charge in [0.05, 0.1) is 6.61 Å². The summed E-state index contributed by atoms with van der Waals surface area (Å²) in [7, 11) is 1.66. The number of hydrogen-bond acceptors (Lipinski definition) is 3. The summed E-state index contributed by atoms with van der Waals surface area (Å²) in [5.74, 6) is 0.842. The molecule has 0 aromatic heterocycles. The molecule has 26 heavy (non-hydrogen) atoms. The van der Waals surface area contributed by atoms with Crippen LogP contribution in [0.1, 0.15) is 53.9 Å². The molecule has 1 rings (SSSR count). The lowest BCUT2D eigenvalue weighted by Gasteiger charge is -2.26. The van der Waals surface area contributed by atoms with E-state index < -0.39 is 0 Å². The van der Waals surface area contributed by atoms with Gasteiger partial charge >= 0.3 is 0 Å². The molecule has 0 amide bonds. The van der Waals surface area contributed by atoms with Gasteiger partial charge in [-0.25, -0.2) is 0 Å². The van der Waals surface area contributed by atoms with Crippen LogP contribution in [-0.2, 0) is 14.3 Å². The average molecular weight is 359 g/mol. The van der Waals surface area contributed by atoms with E-state index in [1.165, 1.54) is 0 Å². The molecule has 1 aliphatic rings. The minimum absolute atomic E-state index is 0.0349. The first-order valence-electron chi connectivity index (χ1n) is 9.43. The van der Waals surface area contributed by atoms with E-state index in [4.69, 9.17) is 4.74 Å². The van der Waals surface area contributed by atoms with Gasteiger partial charge in [0.15, 0.2) is 11.6 Å². The molecule has 0 radical (unpaired) electrons. The van der Waals surface area contributed by atoms with Crippen LogP contribution in [0.25, 0.3) is 0 Å². The summed E-state index contributed by atoms with van der Waals surface area (Å²) in [6, 6.07) is 0. The van der Waals surface area contributed by atoms with Crippen molar-refractivity contribution in [3.05, 3.63) is 47.1 Å². The summed E-state index contributed by atoms with van der Waals surface area (Å²) in [4.78, 5) is 24.3. The minimum atomic E-state index is 0.0349. The van der Waals surface area contributed by atoms with Crippen molar-refractivity contribution in [3.63, 3.8) is 0 Å². The lowest BCUT2D eigenvalue weighted by atomic mass is 9.79. The van der Waals surface area contributed by atoms with Gasteiger partial charge in [-0.05, 0) is 69.1 Å². The Morgan fingerprint density at radius 1 is 1.35 bits per heavy atom. The van der Waals surface area contributed by atoms with E-state index in [0.717, 1.165) is 41.6 Å². The molecule has 0 N–H and O–H groups in total. The van der Waals surface area contributed by atoms with E-state index in [0.29, 0.717) is 12.5 Å². The molecule has 0 heterocycles. The molecule has 144 valence electrons. The zero-order chi connectivity index (χ0) is 19.9. The Morgan fingerprint density at radius 2 is 2.00 bits per heavy atom. The zero-order valence-electron chi connectivity index (χ0n) is 17.2. The Morgan fingerprint density at radius 3 is 2.54 bits per heavy atom. The Bertz CT molecular complexity index is 632. The van der Waals surface area contributed by atoms with Crippen LogP contribution in [0.4, 0.5) is 0 Å². The molecule has 0 fully saturated rings. The highest BCUT2D eigenvalue weighted by atomic mass is 16.5. The van der Waals surface area contributed by atoms with Crippen LogP contribution in [0.3, 0.4) is 0 Å². The molecule has 0 spiro atoms. The molecule has 2 atom stereocenters. The number of ether oxygens (including phenoxy) is 1. The molecule has 0 aliphatic heterocycles. The summed E-state index contributed by atoms with van der Waals surface area (Å²) in [6.45, 7) is 14.3. The quantitative estimate of drug-likeness (QED) is 0.418. The predicted molar refractivity (Wildman–Crippen MR) is 108 cm³/mol. The third-order valence-corrected chi connectivity index (χ3v) is 4.93. The summed E-state index contributed by atoms with van der Waals surface area (Å²) in [5.41, 5.74) is 3.62. The van der Waals surface area contributed by atoms with Crippen LogP contribution in [0.15, 0.2) is 47.1 Å². The van der Waals surface area contributed by atoms with Gasteiger partial charge in [-0.3, -0.25) is 9.59 Å². The lowest BCUT2D eigenvalue weighted by Crippen LogP contribution is -2.16. The number of rotatable bonds is 9. The number of carbonyl (C=O) groups excluding carboxylic acids is 2. The van der Waals surface area contributed by atoms with Gasteiger partial charge in [0, 0.05) is 13.0 Å². The van der Waals surface area contributed by atoms with Crippen molar-refractivity contribution in [1.82, 2.24) is 0 Å². The minimum Gasteiger partial charge on any atom is -0.380 e. The Hall–Kier alpha value is -1.74. The van der Waals surface area contributed by atoms with Gasteiger partial charge in [0.1, 0.15) is 0 Å². The van der Waals surface area contributed by atoms with Gasteiger partial charge in [-0.1, -0.05) is 43.7 Å². The molecule has 0 saturated carbocycles. The SMILES string of the molecule is C=C(COC)CC1C=C(C)C(=O)C=C(CCC(C)C)C1C=C(C)C(C)=O. The normalized spacial score (nSPS) is 21.3. The lowest BCUT2D eigenvalue weighted by molar-refractivity contribution is -0.113. The highest BCUT2D eigenvalue weighted by Gasteiger charge is 2.27. The van der Waals surface area contributed by atoms with Crippen molar-refractivity contribution in [2.75, 3.05) is 13.7 Å². The average Bonchev–Trinajstić information content (AvgIpc) is 2.64. The Balaban J connectivity index is 3.33. The fourth-order valence-corrected chi connectivity index (χ4v) is 3.25. The number of carbonyl (C=O) groups is 2. The highest BCUT2D eigenvalue weighted by Crippen LogP contribution is 2.36. The van der Waals surface area contributed by atoms with Crippen molar-refractivity contribution in [2.24, 2.45) is 17.8 Å². The maximum atomic E-state index is 12.5. The van der Waals surface area contributed by atoms with Gasteiger partial charge in [0.25, 0.3) is 0 Å².